The van der Waals surface area contributed by atoms with Gasteiger partial charge in [0.15, 0.2) is 5.13 Å². The molecule has 0 aliphatic rings. The number of rotatable bonds is 8. The molecule has 0 fully saturated rings. The van der Waals surface area contributed by atoms with E-state index < -0.39 is 10.0 Å². The van der Waals surface area contributed by atoms with E-state index in [1.807, 2.05) is 36.4 Å². The van der Waals surface area contributed by atoms with Gasteiger partial charge in [-0.25, -0.2) is 13.4 Å². The van der Waals surface area contributed by atoms with Crippen LogP contribution >= 0.6 is 11.3 Å². The third-order valence-corrected chi connectivity index (χ3v) is 7.66. The molecule has 6 nitrogen and oxygen atoms in total. The molecule has 8 heteroatoms. The standard InChI is InChI=1S/C24H21N3O3S2/c1-3-13-27(14-4-2)32(29,30)20-11-12-21-22(16-20)31-24(25-21)26-23(28)19-10-9-17-7-5-6-8-18(17)15-19/h3-12,15-16H,1-2,13-14H2,(H,25,26,28). The summed E-state index contributed by atoms with van der Waals surface area (Å²) in [5.74, 6) is -0.272. The smallest absolute Gasteiger partial charge is 0.257 e. The van der Waals surface area contributed by atoms with Crippen molar-refractivity contribution >= 4 is 53.4 Å². The van der Waals surface area contributed by atoms with E-state index in [-0.39, 0.29) is 23.9 Å². The average molecular weight is 464 g/mol. The van der Waals surface area contributed by atoms with Crippen molar-refractivity contribution in [1.29, 1.82) is 0 Å². The predicted octanol–water partition coefficient (Wildman–Crippen LogP) is 5.06. The third-order valence-electron chi connectivity index (χ3n) is 4.90. The lowest BCUT2D eigenvalue weighted by Crippen LogP contribution is -2.31. The largest absolute Gasteiger partial charge is 0.298 e. The maximum absolute atomic E-state index is 13.0. The highest BCUT2D eigenvalue weighted by Crippen LogP contribution is 2.30. The molecule has 0 saturated carbocycles. The van der Waals surface area contributed by atoms with Crippen LogP contribution in [0.4, 0.5) is 5.13 Å². The van der Waals surface area contributed by atoms with Gasteiger partial charge in [0.05, 0.1) is 15.1 Å². The molecule has 0 aliphatic heterocycles. The number of fused-ring (bicyclic) bond motifs is 2. The predicted molar refractivity (Wildman–Crippen MR) is 131 cm³/mol. The molecule has 1 amide bonds. The van der Waals surface area contributed by atoms with Crippen LogP contribution in [0.1, 0.15) is 10.4 Å². The lowest BCUT2D eigenvalue weighted by atomic mass is 10.1. The summed E-state index contributed by atoms with van der Waals surface area (Å²) in [6, 6.07) is 18.1. The fraction of sp³-hybridized carbons (Fsp3) is 0.0833. The number of benzene rings is 3. The normalized spacial score (nSPS) is 11.7. The second-order valence-corrected chi connectivity index (χ2v) is 10.0. The van der Waals surface area contributed by atoms with Crippen LogP contribution in [0.2, 0.25) is 0 Å². The highest BCUT2D eigenvalue weighted by atomic mass is 32.2. The average Bonchev–Trinajstić information content (AvgIpc) is 3.20. The summed E-state index contributed by atoms with van der Waals surface area (Å²) >= 11 is 1.23. The number of thiazole rings is 1. The van der Waals surface area contributed by atoms with Gasteiger partial charge in [0.25, 0.3) is 5.91 Å². The van der Waals surface area contributed by atoms with Gasteiger partial charge in [-0.3, -0.25) is 10.1 Å². The van der Waals surface area contributed by atoms with Crippen molar-refractivity contribution in [1.82, 2.24) is 9.29 Å². The quantitative estimate of drug-likeness (QED) is 0.370. The molecule has 4 rings (SSSR count). The fourth-order valence-corrected chi connectivity index (χ4v) is 5.71. The van der Waals surface area contributed by atoms with E-state index in [2.05, 4.69) is 23.5 Å². The monoisotopic (exact) mass is 463 g/mol. The summed E-state index contributed by atoms with van der Waals surface area (Å²) in [7, 11) is -3.71. The van der Waals surface area contributed by atoms with Crippen molar-refractivity contribution in [3.05, 3.63) is 91.5 Å². The Morgan fingerprint density at radius 2 is 1.72 bits per heavy atom. The Bertz CT molecular complexity index is 1430. The lowest BCUT2D eigenvalue weighted by molar-refractivity contribution is 0.102. The molecule has 0 spiro atoms. The molecule has 3 aromatic carbocycles. The number of carbonyl (C=O) groups is 1. The zero-order valence-corrected chi connectivity index (χ0v) is 18.8. The number of anilines is 1. The molecule has 32 heavy (non-hydrogen) atoms. The van der Waals surface area contributed by atoms with Gasteiger partial charge in [0.2, 0.25) is 10.0 Å². The highest BCUT2D eigenvalue weighted by Gasteiger charge is 2.23. The van der Waals surface area contributed by atoms with E-state index in [9.17, 15) is 13.2 Å². The van der Waals surface area contributed by atoms with E-state index in [1.54, 1.807) is 18.2 Å². The van der Waals surface area contributed by atoms with Gasteiger partial charge in [-0.15, -0.1) is 13.2 Å². The van der Waals surface area contributed by atoms with Crippen LogP contribution in [0.3, 0.4) is 0 Å². The van der Waals surface area contributed by atoms with Gasteiger partial charge in [0, 0.05) is 18.7 Å². The fourth-order valence-electron chi connectivity index (χ4n) is 3.33. The first kappa shape index (κ1) is 21.9. The van der Waals surface area contributed by atoms with Crippen LogP contribution in [-0.4, -0.2) is 36.7 Å². The Balaban J connectivity index is 1.60. The molecular weight excluding hydrogens is 442 g/mol. The molecule has 0 atom stereocenters. The molecule has 1 heterocycles. The van der Waals surface area contributed by atoms with Crippen LogP contribution in [0.25, 0.3) is 21.0 Å². The maximum Gasteiger partial charge on any atom is 0.257 e. The zero-order valence-electron chi connectivity index (χ0n) is 17.2. The Hall–Kier alpha value is -3.33. The Labute approximate surface area is 190 Å². The molecule has 162 valence electrons. The minimum atomic E-state index is -3.71. The van der Waals surface area contributed by atoms with Gasteiger partial charge in [-0.2, -0.15) is 4.31 Å². The lowest BCUT2D eigenvalue weighted by Gasteiger charge is -2.18. The Kier molecular flexibility index (Phi) is 6.18. The van der Waals surface area contributed by atoms with E-state index >= 15 is 0 Å². The van der Waals surface area contributed by atoms with Crippen LogP contribution in [0, 0.1) is 0 Å². The SMILES string of the molecule is C=CCN(CC=C)S(=O)(=O)c1ccc2nc(NC(=O)c3ccc4ccccc4c3)sc2c1. The first-order valence-corrected chi connectivity index (χ1v) is 12.1. The van der Waals surface area contributed by atoms with Gasteiger partial charge >= 0.3 is 0 Å². The zero-order chi connectivity index (χ0) is 22.7. The second-order valence-electron chi connectivity index (χ2n) is 7.06. The summed E-state index contributed by atoms with van der Waals surface area (Å²) in [6.07, 6.45) is 3.07. The molecule has 0 saturated heterocycles. The van der Waals surface area contributed by atoms with Crippen LogP contribution in [-0.2, 0) is 10.0 Å². The van der Waals surface area contributed by atoms with Gasteiger partial charge < -0.3 is 0 Å². The topological polar surface area (TPSA) is 79.4 Å². The van der Waals surface area contributed by atoms with Crippen LogP contribution < -0.4 is 5.32 Å². The maximum atomic E-state index is 13.0. The Morgan fingerprint density at radius 3 is 2.44 bits per heavy atom. The number of sulfonamides is 1. The number of hydrogen-bond acceptors (Lipinski definition) is 5. The first-order valence-electron chi connectivity index (χ1n) is 9.85. The van der Waals surface area contributed by atoms with E-state index in [1.165, 1.54) is 33.9 Å². The van der Waals surface area contributed by atoms with Crippen molar-refractivity contribution in [3.8, 4) is 0 Å². The molecule has 1 aromatic heterocycles. The van der Waals surface area contributed by atoms with Crippen molar-refractivity contribution in [3.63, 3.8) is 0 Å². The number of nitrogens with one attached hydrogen (secondary N) is 1. The third kappa shape index (κ3) is 4.34. The molecule has 0 unspecified atom stereocenters. The van der Waals surface area contributed by atoms with E-state index in [0.717, 1.165) is 10.8 Å². The second kappa shape index (κ2) is 9.04. The van der Waals surface area contributed by atoms with Crippen molar-refractivity contribution < 1.29 is 13.2 Å². The molecule has 1 N–H and O–H groups in total. The minimum Gasteiger partial charge on any atom is -0.298 e. The number of nitrogens with zero attached hydrogens (tertiary/aromatic N) is 2. The van der Waals surface area contributed by atoms with Gasteiger partial charge in [-0.1, -0.05) is 53.8 Å². The Morgan fingerprint density at radius 1 is 1.00 bits per heavy atom. The van der Waals surface area contributed by atoms with Crippen molar-refractivity contribution in [2.24, 2.45) is 0 Å². The molecule has 4 aromatic rings. The number of amides is 1. The summed E-state index contributed by atoms with van der Waals surface area (Å²) < 4.78 is 27.9. The number of aromatic nitrogens is 1. The molecule has 0 aliphatic carbocycles. The van der Waals surface area contributed by atoms with Crippen LogP contribution in [0.5, 0.6) is 0 Å². The summed E-state index contributed by atoms with van der Waals surface area (Å²) in [6.45, 7) is 7.61. The summed E-state index contributed by atoms with van der Waals surface area (Å²) in [5.41, 5.74) is 1.14. The molecule has 0 radical (unpaired) electrons. The summed E-state index contributed by atoms with van der Waals surface area (Å²) in [5, 5.41) is 5.25. The highest BCUT2D eigenvalue weighted by molar-refractivity contribution is 7.89. The van der Waals surface area contributed by atoms with E-state index in [0.29, 0.717) is 20.9 Å². The first-order chi connectivity index (χ1) is 15.4. The van der Waals surface area contributed by atoms with Gasteiger partial charge in [-0.05, 0) is 41.1 Å². The van der Waals surface area contributed by atoms with Crippen molar-refractivity contribution in [2.75, 3.05) is 18.4 Å². The molecule has 0 bridgehead atoms. The minimum absolute atomic E-state index is 0.157. The van der Waals surface area contributed by atoms with Crippen LogP contribution in [0.15, 0.2) is 90.9 Å². The number of hydrogen-bond donors (Lipinski definition) is 1. The van der Waals surface area contributed by atoms with E-state index in [4.69, 9.17) is 0 Å². The molecular formula is C24H21N3O3S2. The van der Waals surface area contributed by atoms with Crippen molar-refractivity contribution in [2.45, 2.75) is 4.90 Å². The van der Waals surface area contributed by atoms with Gasteiger partial charge in [0.1, 0.15) is 0 Å². The number of carbonyl (C=O) groups excluding carboxylic acids is 1. The summed E-state index contributed by atoms with van der Waals surface area (Å²) in [4.78, 5) is 17.3.